The molecule has 3 fully saturated rings. The molecule has 2 heterocycles. The van der Waals surface area contributed by atoms with Crippen molar-refractivity contribution in [2.45, 2.75) is 67.9 Å². The summed E-state index contributed by atoms with van der Waals surface area (Å²) in [4.78, 5) is 0. The van der Waals surface area contributed by atoms with Gasteiger partial charge in [-0.15, -0.1) is 0 Å². The molecule has 3 aliphatic rings. The van der Waals surface area contributed by atoms with E-state index in [1.54, 1.807) is 0 Å². The Morgan fingerprint density at radius 1 is 1.26 bits per heavy atom. The summed E-state index contributed by atoms with van der Waals surface area (Å²) < 4.78 is 6.13. The van der Waals surface area contributed by atoms with Gasteiger partial charge in [0, 0.05) is 29.7 Å². The Morgan fingerprint density at radius 2 is 2.16 bits per heavy atom. The van der Waals surface area contributed by atoms with E-state index in [1.165, 1.54) is 56.5 Å². The molecule has 1 spiro atoms. The number of rotatable bonds is 3. The van der Waals surface area contributed by atoms with Gasteiger partial charge in [-0.1, -0.05) is 12.8 Å². The van der Waals surface area contributed by atoms with E-state index in [9.17, 15) is 0 Å². The molecule has 19 heavy (non-hydrogen) atoms. The number of hydrogen-bond donors (Lipinski definition) is 1. The van der Waals surface area contributed by atoms with E-state index >= 15 is 0 Å². The first kappa shape index (κ1) is 14.6. The van der Waals surface area contributed by atoms with Gasteiger partial charge in [-0.3, -0.25) is 0 Å². The number of nitrogens with one attached hydrogen (secondary N) is 1. The minimum atomic E-state index is 0.226. The maximum atomic E-state index is 6.13. The van der Waals surface area contributed by atoms with Crippen LogP contribution in [0.1, 0.15) is 44.9 Å². The number of ether oxygens (including phenoxy) is 1. The van der Waals surface area contributed by atoms with Crippen LogP contribution in [0.5, 0.6) is 0 Å². The molecule has 0 bridgehead atoms. The van der Waals surface area contributed by atoms with Gasteiger partial charge in [0.15, 0.2) is 0 Å². The highest BCUT2D eigenvalue weighted by molar-refractivity contribution is 7.99. The van der Waals surface area contributed by atoms with Crippen molar-refractivity contribution in [2.75, 3.05) is 24.4 Å². The maximum absolute atomic E-state index is 6.13. The topological polar surface area (TPSA) is 21.3 Å². The third-order valence-electron chi connectivity index (χ3n) is 5.02. The molecule has 4 unspecified atom stereocenters. The highest BCUT2D eigenvalue weighted by atomic mass is 32.2. The van der Waals surface area contributed by atoms with Crippen LogP contribution in [-0.4, -0.2) is 47.3 Å². The van der Waals surface area contributed by atoms with E-state index in [4.69, 9.17) is 4.74 Å². The van der Waals surface area contributed by atoms with Crippen molar-refractivity contribution in [1.82, 2.24) is 5.32 Å². The summed E-state index contributed by atoms with van der Waals surface area (Å²) in [6.45, 7) is 0.967. The lowest BCUT2D eigenvalue weighted by Gasteiger charge is -2.41. The van der Waals surface area contributed by atoms with E-state index in [1.807, 2.05) is 0 Å². The highest BCUT2D eigenvalue weighted by Crippen LogP contribution is 2.39. The van der Waals surface area contributed by atoms with Crippen LogP contribution in [-0.2, 0) is 4.74 Å². The molecule has 1 aliphatic carbocycles. The predicted octanol–water partition coefficient (Wildman–Crippen LogP) is 3.30. The summed E-state index contributed by atoms with van der Waals surface area (Å²) in [6.07, 6.45) is 11.6. The molecular formula is C15H27NOS2. The zero-order valence-corrected chi connectivity index (χ0v) is 13.7. The Bertz CT molecular complexity index is 294. The summed E-state index contributed by atoms with van der Waals surface area (Å²) in [5.74, 6) is 2.52. The third kappa shape index (κ3) is 3.45. The van der Waals surface area contributed by atoms with Gasteiger partial charge in [0.05, 0.1) is 5.60 Å². The lowest BCUT2D eigenvalue weighted by Crippen LogP contribution is -2.52. The zero-order chi connectivity index (χ0) is 13.1. The zero-order valence-electron chi connectivity index (χ0n) is 12.0. The first-order valence-corrected chi connectivity index (χ1v) is 10.3. The van der Waals surface area contributed by atoms with E-state index in [2.05, 4.69) is 35.1 Å². The number of hydrogen-bond acceptors (Lipinski definition) is 4. The molecule has 0 amide bonds. The fourth-order valence-electron chi connectivity index (χ4n) is 3.91. The Labute approximate surface area is 126 Å². The molecule has 2 aliphatic heterocycles. The van der Waals surface area contributed by atoms with E-state index in [0.717, 1.165) is 17.9 Å². The minimum Gasteiger partial charge on any atom is -0.374 e. The molecule has 2 nitrogen and oxygen atoms in total. The normalized spacial score (nSPS) is 43.7. The second-order valence-corrected chi connectivity index (χ2v) is 8.54. The maximum Gasteiger partial charge on any atom is 0.0795 e. The Hall–Kier alpha value is 0.620. The van der Waals surface area contributed by atoms with Crippen LogP contribution in [0.4, 0.5) is 0 Å². The van der Waals surface area contributed by atoms with Crippen molar-refractivity contribution < 1.29 is 4.74 Å². The SMILES string of the molecule is CSC1CCCCC1NC1CCOC2(CCSC2)C1. The second kappa shape index (κ2) is 6.59. The predicted molar refractivity (Wildman–Crippen MR) is 86.3 cm³/mol. The molecule has 0 aromatic rings. The molecule has 0 radical (unpaired) electrons. The first-order chi connectivity index (χ1) is 9.31. The van der Waals surface area contributed by atoms with Crippen molar-refractivity contribution in [1.29, 1.82) is 0 Å². The molecular weight excluding hydrogens is 274 g/mol. The average Bonchev–Trinajstić information content (AvgIpc) is 2.87. The third-order valence-corrected chi connectivity index (χ3v) is 7.41. The van der Waals surface area contributed by atoms with Crippen LogP contribution < -0.4 is 5.32 Å². The Balaban J connectivity index is 1.56. The Morgan fingerprint density at radius 3 is 2.95 bits per heavy atom. The van der Waals surface area contributed by atoms with Gasteiger partial charge in [0.2, 0.25) is 0 Å². The molecule has 110 valence electrons. The molecule has 1 saturated carbocycles. The van der Waals surface area contributed by atoms with Crippen molar-refractivity contribution in [3.63, 3.8) is 0 Å². The molecule has 4 atom stereocenters. The smallest absolute Gasteiger partial charge is 0.0795 e. The van der Waals surface area contributed by atoms with Gasteiger partial charge in [-0.25, -0.2) is 0 Å². The second-order valence-electron chi connectivity index (χ2n) is 6.36. The van der Waals surface area contributed by atoms with Gasteiger partial charge < -0.3 is 10.1 Å². The minimum absolute atomic E-state index is 0.226. The Kier molecular flexibility index (Phi) is 5.05. The van der Waals surface area contributed by atoms with Gasteiger partial charge in [0.1, 0.15) is 0 Å². The van der Waals surface area contributed by atoms with E-state index in [0.29, 0.717) is 6.04 Å². The fraction of sp³-hybridized carbons (Fsp3) is 1.00. The largest absolute Gasteiger partial charge is 0.374 e. The molecule has 3 rings (SSSR count). The molecule has 4 heteroatoms. The van der Waals surface area contributed by atoms with Crippen LogP contribution in [0.25, 0.3) is 0 Å². The van der Waals surface area contributed by atoms with Crippen LogP contribution in [0.3, 0.4) is 0 Å². The fourth-order valence-corrected chi connectivity index (χ4v) is 6.23. The lowest BCUT2D eigenvalue weighted by atomic mass is 9.87. The molecule has 2 saturated heterocycles. The average molecular weight is 302 g/mol. The van der Waals surface area contributed by atoms with Crippen LogP contribution >= 0.6 is 23.5 Å². The van der Waals surface area contributed by atoms with E-state index in [-0.39, 0.29) is 5.60 Å². The van der Waals surface area contributed by atoms with Crippen molar-refractivity contribution in [3.05, 3.63) is 0 Å². The van der Waals surface area contributed by atoms with Crippen LogP contribution in [0.15, 0.2) is 0 Å². The van der Waals surface area contributed by atoms with Crippen LogP contribution in [0.2, 0.25) is 0 Å². The first-order valence-electron chi connectivity index (χ1n) is 7.82. The summed E-state index contributed by atoms with van der Waals surface area (Å²) in [6, 6.07) is 1.45. The monoisotopic (exact) mass is 301 g/mol. The highest BCUT2D eigenvalue weighted by Gasteiger charge is 2.41. The van der Waals surface area contributed by atoms with Gasteiger partial charge in [-0.2, -0.15) is 23.5 Å². The van der Waals surface area contributed by atoms with Gasteiger partial charge in [-0.05, 0) is 44.1 Å². The van der Waals surface area contributed by atoms with Gasteiger partial charge >= 0.3 is 0 Å². The lowest BCUT2D eigenvalue weighted by molar-refractivity contribution is -0.0716. The summed E-state index contributed by atoms with van der Waals surface area (Å²) in [7, 11) is 0. The van der Waals surface area contributed by atoms with Gasteiger partial charge in [0.25, 0.3) is 0 Å². The molecule has 1 N–H and O–H groups in total. The summed E-state index contributed by atoms with van der Waals surface area (Å²) in [5.41, 5.74) is 0.226. The summed E-state index contributed by atoms with van der Waals surface area (Å²) in [5, 5.41) is 4.84. The van der Waals surface area contributed by atoms with Crippen molar-refractivity contribution in [2.24, 2.45) is 0 Å². The number of thioether (sulfide) groups is 2. The summed E-state index contributed by atoms with van der Waals surface area (Å²) >= 11 is 4.14. The van der Waals surface area contributed by atoms with Crippen molar-refractivity contribution >= 4 is 23.5 Å². The van der Waals surface area contributed by atoms with Crippen molar-refractivity contribution in [3.8, 4) is 0 Å². The van der Waals surface area contributed by atoms with Crippen LogP contribution in [0, 0.1) is 0 Å². The van der Waals surface area contributed by atoms with E-state index < -0.39 is 0 Å². The standard InChI is InChI=1S/C15H27NOS2/c1-18-14-5-3-2-4-13(14)16-12-6-8-17-15(10-12)7-9-19-11-15/h12-14,16H,2-11H2,1H3. The quantitative estimate of drug-likeness (QED) is 0.863. The molecule has 0 aromatic carbocycles. The molecule has 0 aromatic heterocycles.